The zero-order valence-corrected chi connectivity index (χ0v) is 23.2. The van der Waals surface area contributed by atoms with E-state index in [1.165, 1.54) is 6.42 Å². The molecule has 4 rings (SSSR count). The van der Waals surface area contributed by atoms with Crippen LogP contribution >= 0.6 is 0 Å². The number of amides is 1. The van der Waals surface area contributed by atoms with E-state index in [0.717, 1.165) is 69.2 Å². The van der Waals surface area contributed by atoms with Gasteiger partial charge in [0, 0.05) is 31.7 Å². The summed E-state index contributed by atoms with van der Waals surface area (Å²) in [4.78, 5) is 38.6. The number of hydrogen-bond donors (Lipinski definition) is 2. The molecule has 2 fully saturated rings. The van der Waals surface area contributed by atoms with Gasteiger partial charge in [-0.1, -0.05) is 39.0 Å². The lowest BCUT2D eigenvalue weighted by molar-refractivity contribution is -0.109. The van der Waals surface area contributed by atoms with Crippen molar-refractivity contribution in [3.8, 4) is 5.75 Å². The Labute approximate surface area is 226 Å². The van der Waals surface area contributed by atoms with Crippen LogP contribution in [-0.4, -0.2) is 61.5 Å². The zero-order chi connectivity index (χ0) is 27.1. The summed E-state index contributed by atoms with van der Waals surface area (Å²) in [6.45, 7) is 2.04. The third-order valence-electron chi connectivity index (χ3n) is 7.78. The molecule has 0 saturated heterocycles. The quantitative estimate of drug-likeness (QED) is 0.394. The molecule has 0 unspecified atom stereocenters. The molecule has 1 heterocycles. The fraction of sp³-hybridized carbons (Fsp3) is 0.586. The predicted molar refractivity (Wildman–Crippen MR) is 152 cm³/mol. The van der Waals surface area contributed by atoms with Crippen LogP contribution in [0.2, 0.25) is 0 Å². The van der Waals surface area contributed by atoms with E-state index in [1.807, 2.05) is 32.0 Å². The van der Waals surface area contributed by atoms with E-state index >= 15 is 0 Å². The number of aldehydes is 1. The lowest BCUT2D eigenvalue weighted by atomic mass is 9.95. The van der Waals surface area contributed by atoms with Crippen LogP contribution in [-0.2, 0) is 4.79 Å². The van der Waals surface area contributed by atoms with Crippen LogP contribution in [0.5, 0.6) is 5.75 Å². The van der Waals surface area contributed by atoms with Gasteiger partial charge in [0.05, 0.1) is 30.7 Å². The van der Waals surface area contributed by atoms with Gasteiger partial charge in [0.15, 0.2) is 5.82 Å². The number of nitrogens with one attached hydrogen (secondary N) is 2. The topological polar surface area (TPSA) is 99.7 Å². The number of carbonyl (C=O) groups is 2. The van der Waals surface area contributed by atoms with Crippen molar-refractivity contribution in [2.75, 3.05) is 36.3 Å². The van der Waals surface area contributed by atoms with Crippen molar-refractivity contribution in [2.45, 2.75) is 89.3 Å². The van der Waals surface area contributed by atoms with Crippen LogP contribution in [0, 0.1) is 0 Å². The minimum Gasteiger partial charge on any atom is -0.495 e. The van der Waals surface area contributed by atoms with Gasteiger partial charge in [0.1, 0.15) is 12.0 Å². The average molecular weight is 523 g/mol. The van der Waals surface area contributed by atoms with Gasteiger partial charge in [-0.05, 0) is 50.3 Å². The molecule has 0 bridgehead atoms. The maximum Gasteiger partial charge on any atom is 0.251 e. The highest BCUT2D eigenvalue weighted by Crippen LogP contribution is 2.36. The van der Waals surface area contributed by atoms with Crippen molar-refractivity contribution < 1.29 is 14.3 Å². The summed E-state index contributed by atoms with van der Waals surface area (Å²) in [7, 11) is 5.51. The van der Waals surface area contributed by atoms with Crippen molar-refractivity contribution >= 4 is 35.3 Å². The molecule has 0 spiro atoms. The highest BCUT2D eigenvalue weighted by atomic mass is 16.5. The van der Waals surface area contributed by atoms with Crippen molar-refractivity contribution in [1.82, 2.24) is 15.3 Å². The SMILES string of the molecule is CC[C@H](C=O)N(c1nc(Nc2ccc(C(=O)NC3CCCCC3)cc2OC)ncc1N(C)C)C1CCCC1. The number of rotatable bonds is 11. The second kappa shape index (κ2) is 12.9. The largest absolute Gasteiger partial charge is 0.495 e. The first-order valence-corrected chi connectivity index (χ1v) is 14.0. The number of methoxy groups -OCH3 is 1. The van der Waals surface area contributed by atoms with Gasteiger partial charge in [-0.15, -0.1) is 0 Å². The van der Waals surface area contributed by atoms with Crippen LogP contribution in [0.1, 0.15) is 81.5 Å². The van der Waals surface area contributed by atoms with Gasteiger partial charge < -0.3 is 30.0 Å². The summed E-state index contributed by atoms with van der Waals surface area (Å²) in [5.41, 5.74) is 2.09. The Morgan fingerprint density at radius 3 is 2.47 bits per heavy atom. The van der Waals surface area contributed by atoms with E-state index in [0.29, 0.717) is 29.4 Å². The molecule has 2 aromatic rings. The molecule has 1 aromatic heterocycles. The second-order valence-electron chi connectivity index (χ2n) is 10.6. The highest BCUT2D eigenvalue weighted by molar-refractivity contribution is 5.95. The van der Waals surface area contributed by atoms with Gasteiger partial charge in [-0.3, -0.25) is 4.79 Å². The maximum atomic E-state index is 12.9. The number of anilines is 4. The molecule has 0 radical (unpaired) electrons. The Kier molecular flexibility index (Phi) is 9.42. The molecule has 9 nitrogen and oxygen atoms in total. The standard InChI is InChI=1S/C29H42N6O3/c1-5-22(19-36)35(23-13-9-10-14-23)27-25(34(2)3)18-30-29(33-27)32-24-16-15-20(17-26(24)38-4)28(37)31-21-11-7-6-8-12-21/h15-19,21-23H,5-14H2,1-4H3,(H,31,37)(H,30,32,33)/t22-/m1/s1. The summed E-state index contributed by atoms with van der Waals surface area (Å²) in [5, 5.41) is 6.45. The number of aromatic nitrogens is 2. The van der Waals surface area contributed by atoms with Crippen molar-refractivity contribution in [1.29, 1.82) is 0 Å². The van der Waals surface area contributed by atoms with E-state index in [9.17, 15) is 9.59 Å². The van der Waals surface area contributed by atoms with Crippen LogP contribution in [0.4, 0.5) is 23.1 Å². The first-order valence-electron chi connectivity index (χ1n) is 14.0. The summed E-state index contributed by atoms with van der Waals surface area (Å²) in [6, 6.07) is 5.62. The summed E-state index contributed by atoms with van der Waals surface area (Å²) in [6.07, 6.45) is 13.6. The highest BCUT2D eigenvalue weighted by Gasteiger charge is 2.31. The number of benzene rings is 1. The van der Waals surface area contributed by atoms with Crippen LogP contribution < -0.4 is 25.2 Å². The summed E-state index contributed by atoms with van der Waals surface area (Å²) >= 11 is 0. The molecule has 38 heavy (non-hydrogen) atoms. The Bertz CT molecular complexity index is 1100. The number of carbonyl (C=O) groups excluding carboxylic acids is 2. The van der Waals surface area contributed by atoms with E-state index in [-0.39, 0.29) is 24.0 Å². The molecule has 9 heteroatoms. The molecular weight excluding hydrogens is 480 g/mol. The molecule has 2 aliphatic rings. The van der Waals surface area contributed by atoms with Crippen molar-refractivity contribution in [3.05, 3.63) is 30.0 Å². The normalized spacial score (nSPS) is 17.1. The predicted octanol–water partition coefficient (Wildman–Crippen LogP) is 5.08. The van der Waals surface area contributed by atoms with E-state index < -0.39 is 0 Å². The molecule has 2 N–H and O–H groups in total. The molecule has 0 aliphatic heterocycles. The van der Waals surface area contributed by atoms with Crippen LogP contribution in [0.25, 0.3) is 0 Å². The van der Waals surface area contributed by atoms with Gasteiger partial charge in [0.25, 0.3) is 5.91 Å². The number of ether oxygens (including phenoxy) is 1. The first kappa shape index (κ1) is 27.7. The van der Waals surface area contributed by atoms with E-state index in [4.69, 9.17) is 9.72 Å². The minimum atomic E-state index is -0.254. The molecule has 206 valence electrons. The third-order valence-corrected chi connectivity index (χ3v) is 7.78. The van der Waals surface area contributed by atoms with Crippen LogP contribution in [0.3, 0.4) is 0 Å². The second-order valence-corrected chi connectivity index (χ2v) is 10.6. The van der Waals surface area contributed by atoms with Gasteiger partial charge >= 0.3 is 0 Å². The molecular formula is C29H42N6O3. The van der Waals surface area contributed by atoms with Crippen LogP contribution in [0.15, 0.2) is 24.4 Å². The molecule has 1 aromatic carbocycles. The number of hydrogen-bond acceptors (Lipinski definition) is 8. The minimum absolute atomic E-state index is 0.0812. The molecule has 1 atom stereocenters. The lowest BCUT2D eigenvalue weighted by Crippen LogP contribution is -2.44. The summed E-state index contributed by atoms with van der Waals surface area (Å²) in [5.74, 6) is 1.62. The molecule has 1 amide bonds. The lowest BCUT2D eigenvalue weighted by Gasteiger charge is -2.36. The summed E-state index contributed by atoms with van der Waals surface area (Å²) < 4.78 is 5.63. The molecule has 2 saturated carbocycles. The van der Waals surface area contributed by atoms with E-state index in [1.54, 1.807) is 25.4 Å². The fourth-order valence-corrected chi connectivity index (χ4v) is 5.65. The van der Waals surface area contributed by atoms with Gasteiger partial charge in [0.2, 0.25) is 5.95 Å². The zero-order valence-electron chi connectivity index (χ0n) is 23.2. The van der Waals surface area contributed by atoms with Gasteiger partial charge in [-0.2, -0.15) is 4.98 Å². The average Bonchev–Trinajstić information content (AvgIpc) is 3.46. The smallest absolute Gasteiger partial charge is 0.251 e. The Morgan fingerprint density at radius 2 is 1.84 bits per heavy atom. The Morgan fingerprint density at radius 1 is 1.13 bits per heavy atom. The Hall–Kier alpha value is -3.36. The first-order chi connectivity index (χ1) is 18.4. The number of nitrogens with zero attached hydrogens (tertiary/aromatic N) is 4. The maximum absolute atomic E-state index is 12.9. The Balaban J connectivity index is 1.61. The van der Waals surface area contributed by atoms with E-state index in [2.05, 4.69) is 20.5 Å². The van der Waals surface area contributed by atoms with Crippen molar-refractivity contribution in [3.63, 3.8) is 0 Å². The van der Waals surface area contributed by atoms with Gasteiger partial charge in [-0.25, -0.2) is 4.98 Å². The third kappa shape index (κ3) is 6.37. The monoisotopic (exact) mass is 522 g/mol. The fourth-order valence-electron chi connectivity index (χ4n) is 5.65. The molecule has 2 aliphatic carbocycles. The van der Waals surface area contributed by atoms with Crippen molar-refractivity contribution in [2.24, 2.45) is 0 Å².